The van der Waals surface area contributed by atoms with E-state index in [1.165, 1.54) is 0 Å². The van der Waals surface area contributed by atoms with E-state index in [1.54, 1.807) is 11.9 Å². The summed E-state index contributed by atoms with van der Waals surface area (Å²) in [6.07, 6.45) is 0. The maximum absolute atomic E-state index is 11.9. The zero-order valence-electron chi connectivity index (χ0n) is 9.95. The summed E-state index contributed by atoms with van der Waals surface area (Å²) in [6, 6.07) is 0. The second-order valence-electron chi connectivity index (χ2n) is 4.50. The van der Waals surface area contributed by atoms with E-state index in [0.717, 1.165) is 0 Å². The van der Waals surface area contributed by atoms with Gasteiger partial charge in [0.2, 0.25) is 5.91 Å². The van der Waals surface area contributed by atoms with Crippen LogP contribution in [0.3, 0.4) is 0 Å². The standard InChI is InChI=1S/C11H23NO2/c1-8(2)10(9(3)4)11(14)12(5)6-7-13/h8-10,13H,6-7H2,1-5H3. The molecule has 0 heterocycles. The summed E-state index contributed by atoms with van der Waals surface area (Å²) in [5.41, 5.74) is 0. The quantitative estimate of drug-likeness (QED) is 0.729. The fraction of sp³-hybridized carbons (Fsp3) is 0.909. The Morgan fingerprint density at radius 3 is 1.93 bits per heavy atom. The first-order valence-corrected chi connectivity index (χ1v) is 5.27. The Morgan fingerprint density at radius 1 is 1.21 bits per heavy atom. The summed E-state index contributed by atoms with van der Waals surface area (Å²) in [5, 5.41) is 8.75. The van der Waals surface area contributed by atoms with Crippen LogP contribution in [-0.2, 0) is 4.79 Å². The summed E-state index contributed by atoms with van der Waals surface area (Å²) < 4.78 is 0. The van der Waals surface area contributed by atoms with Crippen LogP contribution in [0, 0.1) is 17.8 Å². The van der Waals surface area contributed by atoms with Gasteiger partial charge in [-0.05, 0) is 11.8 Å². The van der Waals surface area contributed by atoms with E-state index in [0.29, 0.717) is 18.4 Å². The lowest BCUT2D eigenvalue weighted by atomic mass is 9.84. The van der Waals surface area contributed by atoms with Crippen molar-refractivity contribution >= 4 is 5.91 Å². The summed E-state index contributed by atoms with van der Waals surface area (Å²) in [7, 11) is 1.75. The Balaban J connectivity index is 4.43. The molecule has 0 spiro atoms. The van der Waals surface area contributed by atoms with Gasteiger partial charge in [-0.3, -0.25) is 4.79 Å². The molecule has 0 radical (unpaired) electrons. The number of hydrogen-bond donors (Lipinski definition) is 1. The fourth-order valence-corrected chi connectivity index (χ4v) is 1.85. The molecule has 0 saturated heterocycles. The van der Waals surface area contributed by atoms with Gasteiger partial charge in [-0.25, -0.2) is 0 Å². The average molecular weight is 201 g/mol. The molecule has 0 atom stereocenters. The maximum Gasteiger partial charge on any atom is 0.226 e. The minimum Gasteiger partial charge on any atom is -0.395 e. The van der Waals surface area contributed by atoms with Gasteiger partial charge in [0.15, 0.2) is 0 Å². The van der Waals surface area contributed by atoms with E-state index in [-0.39, 0.29) is 18.4 Å². The topological polar surface area (TPSA) is 40.5 Å². The van der Waals surface area contributed by atoms with Crippen LogP contribution in [0.2, 0.25) is 0 Å². The molecular weight excluding hydrogens is 178 g/mol. The highest BCUT2D eigenvalue weighted by atomic mass is 16.3. The number of amides is 1. The lowest BCUT2D eigenvalue weighted by Gasteiger charge is -2.28. The van der Waals surface area contributed by atoms with Crippen LogP contribution in [0.4, 0.5) is 0 Å². The summed E-state index contributed by atoms with van der Waals surface area (Å²) in [5.74, 6) is 0.905. The number of likely N-dealkylation sites (N-methyl/N-ethyl adjacent to an activating group) is 1. The maximum atomic E-state index is 11.9. The normalized spacial score (nSPS) is 11.5. The van der Waals surface area contributed by atoms with Gasteiger partial charge in [0.05, 0.1) is 6.61 Å². The lowest BCUT2D eigenvalue weighted by molar-refractivity contribution is -0.137. The zero-order chi connectivity index (χ0) is 11.3. The van der Waals surface area contributed by atoms with Crippen molar-refractivity contribution in [3.63, 3.8) is 0 Å². The Hall–Kier alpha value is -0.570. The van der Waals surface area contributed by atoms with Gasteiger partial charge >= 0.3 is 0 Å². The number of aliphatic hydroxyl groups excluding tert-OH is 1. The Morgan fingerprint density at radius 2 is 1.64 bits per heavy atom. The molecule has 0 rings (SSSR count). The summed E-state index contributed by atoms with van der Waals surface area (Å²) in [6.45, 7) is 8.72. The van der Waals surface area contributed by atoms with Crippen LogP contribution >= 0.6 is 0 Å². The number of hydrogen-bond acceptors (Lipinski definition) is 2. The third-order valence-electron chi connectivity index (χ3n) is 2.53. The molecule has 3 heteroatoms. The van der Waals surface area contributed by atoms with E-state index in [9.17, 15) is 4.79 Å². The molecule has 0 aromatic heterocycles. The van der Waals surface area contributed by atoms with Crippen LogP contribution < -0.4 is 0 Å². The molecule has 0 aliphatic carbocycles. The Bertz CT molecular complexity index is 170. The van der Waals surface area contributed by atoms with Gasteiger partial charge in [0, 0.05) is 19.5 Å². The predicted octanol–water partition coefficient (Wildman–Crippen LogP) is 1.37. The average Bonchev–Trinajstić information content (AvgIpc) is 2.03. The van der Waals surface area contributed by atoms with E-state index >= 15 is 0 Å². The Kier molecular flexibility index (Phi) is 5.77. The highest BCUT2D eigenvalue weighted by Gasteiger charge is 2.27. The SMILES string of the molecule is CC(C)C(C(=O)N(C)CCO)C(C)C. The lowest BCUT2D eigenvalue weighted by Crippen LogP contribution is -2.39. The van der Waals surface area contributed by atoms with Crippen molar-refractivity contribution in [1.29, 1.82) is 0 Å². The Labute approximate surface area is 87.1 Å². The third-order valence-corrected chi connectivity index (χ3v) is 2.53. The van der Waals surface area contributed by atoms with Crippen molar-refractivity contribution in [3.8, 4) is 0 Å². The molecule has 0 saturated carbocycles. The first kappa shape index (κ1) is 13.4. The van der Waals surface area contributed by atoms with Crippen LogP contribution in [0.15, 0.2) is 0 Å². The van der Waals surface area contributed by atoms with Gasteiger partial charge in [0.25, 0.3) is 0 Å². The number of aliphatic hydroxyl groups is 1. The van der Waals surface area contributed by atoms with E-state index in [1.807, 2.05) is 0 Å². The highest BCUT2D eigenvalue weighted by Crippen LogP contribution is 2.22. The molecule has 0 aliphatic rings. The van der Waals surface area contributed by atoms with E-state index in [2.05, 4.69) is 27.7 Å². The number of carbonyl (C=O) groups excluding carboxylic acids is 1. The van der Waals surface area contributed by atoms with Crippen molar-refractivity contribution in [2.75, 3.05) is 20.2 Å². The molecule has 84 valence electrons. The van der Waals surface area contributed by atoms with Crippen molar-refractivity contribution in [2.45, 2.75) is 27.7 Å². The molecule has 1 amide bonds. The van der Waals surface area contributed by atoms with Gasteiger partial charge < -0.3 is 10.0 Å². The zero-order valence-corrected chi connectivity index (χ0v) is 9.95. The molecule has 0 unspecified atom stereocenters. The second kappa shape index (κ2) is 6.02. The van der Waals surface area contributed by atoms with Gasteiger partial charge in [-0.1, -0.05) is 27.7 Å². The molecule has 0 bridgehead atoms. The summed E-state index contributed by atoms with van der Waals surface area (Å²) in [4.78, 5) is 13.5. The molecule has 0 fully saturated rings. The van der Waals surface area contributed by atoms with Gasteiger partial charge in [-0.2, -0.15) is 0 Å². The van der Waals surface area contributed by atoms with Crippen LogP contribution in [0.1, 0.15) is 27.7 Å². The second-order valence-corrected chi connectivity index (χ2v) is 4.50. The van der Waals surface area contributed by atoms with Crippen LogP contribution in [0.5, 0.6) is 0 Å². The van der Waals surface area contributed by atoms with Crippen molar-refractivity contribution in [2.24, 2.45) is 17.8 Å². The first-order chi connectivity index (χ1) is 6.41. The number of carbonyl (C=O) groups is 1. The van der Waals surface area contributed by atoms with Crippen molar-refractivity contribution in [1.82, 2.24) is 4.90 Å². The molecule has 3 nitrogen and oxygen atoms in total. The molecular formula is C11H23NO2. The number of nitrogens with zero attached hydrogens (tertiary/aromatic N) is 1. The van der Waals surface area contributed by atoms with Crippen molar-refractivity contribution in [3.05, 3.63) is 0 Å². The molecule has 1 N–H and O–H groups in total. The third kappa shape index (κ3) is 3.66. The van der Waals surface area contributed by atoms with E-state index in [4.69, 9.17) is 5.11 Å². The highest BCUT2D eigenvalue weighted by molar-refractivity contribution is 5.79. The monoisotopic (exact) mass is 201 g/mol. The van der Waals surface area contributed by atoms with Crippen molar-refractivity contribution < 1.29 is 9.90 Å². The first-order valence-electron chi connectivity index (χ1n) is 5.27. The fourth-order valence-electron chi connectivity index (χ4n) is 1.85. The minimum atomic E-state index is 0.0329. The predicted molar refractivity (Wildman–Crippen MR) is 57.9 cm³/mol. The van der Waals surface area contributed by atoms with Crippen LogP contribution in [-0.4, -0.2) is 36.1 Å². The molecule has 0 aromatic carbocycles. The van der Waals surface area contributed by atoms with Crippen LogP contribution in [0.25, 0.3) is 0 Å². The largest absolute Gasteiger partial charge is 0.395 e. The van der Waals surface area contributed by atoms with E-state index < -0.39 is 0 Å². The van der Waals surface area contributed by atoms with Gasteiger partial charge in [-0.15, -0.1) is 0 Å². The van der Waals surface area contributed by atoms with Gasteiger partial charge in [0.1, 0.15) is 0 Å². The minimum absolute atomic E-state index is 0.0329. The molecule has 0 aromatic rings. The number of rotatable bonds is 5. The molecule has 0 aliphatic heterocycles. The smallest absolute Gasteiger partial charge is 0.226 e. The molecule has 14 heavy (non-hydrogen) atoms. The summed E-state index contributed by atoms with van der Waals surface area (Å²) >= 11 is 0.